The Morgan fingerprint density at radius 1 is 1.42 bits per heavy atom. The molecular formula is C13H12BrN3O2. The van der Waals surface area contributed by atoms with Crippen molar-refractivity contribution in [2.24, 2.45) is 0 Å². The molecule has 1 aliphatic carbocycles. The quantitative estimate of drug-likeness (QED) is 0.943. The number of aromatic carboxylic acids is 1. The van der Waals surface area contributed by atoms with Crippen molar-refractivity contribution in [3.63, 3.8) is 0 Å². The van der Waals surface area contributed by atoms with Gasteiger partial charge in [-0.3, -0.25) is 0 Å². The van der Waals surface area contributed by atoms with E-state index >= 15 is 0 Å². The lowest BCUT2D eigenvalue weighted by molar-refractivity contribution is 0.0683. The van der Waals surface area contributed by atoms with Crippen LogP contribution in [0.3, 0.4) is 0 Å². The van der Waals surface area contributed by atoms with Gasteiger partial charge in [0.15, 0.2) is 0 Å². The van der Waals surface area contributed by atoms with Crippen LogP contribution in [0.2, 0.25) is 0 Å². The Balaban J connectivity index is 2.10. The fraction of sp³-hybridized carbons (Fsp3) is 0.308. The number of aromatic nitrogens is 3. The summed E-state index contributed by atoms with van der Waals surface area (Å²) in [7, 11) is 0. The number of carbonyl (C=O) groups is 1. The van der Waals surface area contributed by atoms with E-state index in [0.29, 0.717) is 5.92 Å². The van der Waals surface area contributed by atoms with Gasteiger partial charge < -0.3 is 5.11 Å². The van der Waals surface area contributed by atoms with Crippen LogP contribution in [0.25, 0.3) is 5.69 Å². The molecule has 1 saturated carbocycles. The SMILES string of the molecule is O=C(O)c1nc(C2CCC2)n(-c2cccc(Br)c2)n1. The zero-order chi connectivity index (χ0) is 13.4. The molecule has 0 radical (unpaired) electrons. The maximum Gasteiger partial charge on any atom is 0.375 e. The molecule has 1 aliphatic rings. The molecule has 0 spiro atoms. The Labute approximate surface area is 118 Å². The second-order valence-electron chi connectivity index (χ2n) is 4.62. The molecule has 2 aromatic rings. The molecule has 1 aromatic heterocycles. The Bertz CT molecular complexity index is 635. The first-order valence-corrected chi connectivity index (χ1v) is 6.90. The minimum absolute atomic E-state index is 0.137. The Hall–Kier alpha value is -1.69. The van der Waals surface area contributed by atoms with Gasteiger partial charge in [0.2, 0.25) is 0 Å². The standard InChI is InChI=1S/C13H12BrN3O2/c14-9-5-2-6-10(7-9)17-12(8-3-1-4-8)15-11(16-17)13(18)19/h2,5-8H,1,3-4H2,(H,18,19). The van der Waals surface area contributed by atoms with Gasteiger partial charge in [0.1, 0.15) is 5.82 Å². The summed E-state index contributed by atoms with van der Waals surface area (Å²) in [5.74, 6) is -0.155. The molecule has 3 rings (SSSR count). The van der Waals surface area contributed by atoms with Crippen LogP contribution >= 0.6 is 15.9 Å². The van der Waals surface area contributed by atoms with Crippen molar-refractivity contribution in [2.75, 3.05) is 0 Å². The highest BCUT2D eigenvalue weighted by Crippen LogP contribution is 2.36. The minimum Gasteiger partial charge on any atom is -0.475 e. The summed E-state index contributed by atoms with van der Waals surface area (Å²) in [6, 6.07) is 7.61. The molecule has 98 valence electrons. The average Bonchev–Trinajstić information content (AvgIpc) is 2.71. The molecule has 0 atom stereocenters. The van der Waals surface area contributed by atoms with Crippen molar-refractivity contribution in [1.29, 1.82) is 0 Å². The first kappa shape index (κ1) is 12.3. The van der Waals surface area contributed by atoms with Crippen LogP contribution in [0.1, 0.15) is 41.6 Å². The summed E-state index contributed by atoms with van der Waals surface area (Å²) in [6.07, 6.45) is 3.26. The molecule has 1 aromatic carbocycles. The van der Waals surface area contributed by atoms with Gasteiger partial charge in [-0.25, -0.2) is 14.5 Å². The number of hydrogen-bond acceptors (Lipinski definition) is 3. The van der Waals surface area contributed by atoms with Gasteiger partial charge in [-0.1, -0.05) is 28.4 Å². The van der Waals surface area contributed by atoms with Crippen LogP contribution in [0.5, 0.6) is 0 Å². The van der Waals surface area contributed by atoms with Gasteiger partial charge >= 0.3 is 5.97 Å². The molecule has 1 heterocycles. The average molecular weight is 322 g/mol. The number of benzene rings is 1. The van der Waals surface area contributed by atoms with Gasteiger partial charge in [-0.05, 0) is 31.0 Å². The maximum atomic E-state index is 11.0. The number of carboxylic acids is 1. The Morgan fingerprint density at radius 3 is 2.79 bits per heavy atom. The van der Waals surface area contributed by atoms with Gasteiger partial charge in [0, 0.05) is 10.4 Å². The summed E-state index contributed by atoms with van der Waals surface area (Å²) in [6.45, 7) is 0. The van der Waals surface area contributed by atoms with Crippen molar-refractivity contribution in [3.8, 4) is 5.69 Å². The van der Waals surface area contributed by atoms with E-state index in [1.165, 1.54) is 6.42 Å². The lowest BCUT2D eigenvalue weighted by atomic mass is 9.85. The van der Waals surface area contributed by atoms with Crippen molar-refractivity contribution in [3.05, 3.63) is 40.4 Å². The van der Waals surface area contributed by atoms with Crippen molar-refractivity contribution in [1.82, 2.24) is 14.8 Å². The predicted octanol–water partition coefficient (Wildman–Crippen LogP) is 3.00. The fourth-order valence-electron chi connectivity index (χ4n) is 2.14. The van der Waals surface area contributed by atoms with E-state index < -0.39 is 5.97 Å². The molecule has 0 unspecified atom stereocenters. The number of carboxylic acid groups (broad SMARTS) is 1. The van der Waals surface area contributed by atoms with Gasteiger partial charge in [0.05, 0.1) is 5.69 Å². The molecule has 19 heavy (non-hydrogen) atoms. The van der Waals surface area contributed by atoms with Crippen LogP contribution in [0, 0.1) is 0 Å². The van der Waals surface area contributed by atoms with Gasteiger partial charge in [-0.2, -0.15) is 0 Å². The highest BCUT2D eigenvalue weighted by molar-refractivity contribution is 9.10. The molecule has 5 nitrogen and oxygen atoms in total. The van der Waals surface area contributed by atoms with E-state index in [4.69, 9.17) is 5.11 Å². The zero-order valence-electron chi connectivity index (χ0n) is 10.1. The highest BCUT2D eigenvalue weighted by Gasteiger charge is 2.28. The Kier molecular flexibility index (Phi) is 3.10. The Morgan fingerprint density at radius 2 is 2.21 bits per heavy atom. The fourth-order valence-corrected chi connectivity index (χ4v) is 2.53. The van der Waals surface area contributed by atoms with Gasteiger partial charge in [0.25, 0.3) is 5.82 Å². The molecule has 1 fully saturated rings. The van der Waals surface area contributed by atoms with Crippen LogP contribution < -0.4 is 0 Å². The van der Waals surface area contributed by atoms with E-state index in [-0.39, 0.29) is 5.82 Å². The van der Waals surface area contributed by atoms with Crippen LogP contribution in [-0.2, 0) is 0 Å². The second kappa shape index (κ2) is 4.77. The summed E-state index contributed by atoms with van der Waals surface area (Å²) in [5, 5.41) is 13.2. The van der Waals surface area contributed by atoms with E-state index in [2.05, 4.69) is 26.0 Å². The maximum absolute atomic E-state index is 11.0. The van der Waals surface area contributed by atoms with Gasteiger partial charge in [-0.15, -0.1) is 5.10 Å². The predicted molar refractivity (Wildman–Crippen MR) is 72.6 cm³/mol. The molecule has 6 heteroatoms. The molecule has 0 bridgehead atoms. The lowest BCUT2D eigenvalue weighted by Crippen LogP contribution is -2.15. The van der Waals surface area contributed by atoms with Crippen LogP contribution in [0.4, 0.5) is 0 Å². The largest absolute Gasteiger partial charge is 0.475 e. The highest BCUT2D eigenvalue weighted by atomic mass is 79.9. The molecule has 1 N–H and O–H groups in total. The molecule has 0 amide bonds. The van der Waals surface area contributed by atoms with Crippen LogP contribution in [-0.4, -0.2) is 25.8 Å². The number of hydrogen-bond donors (Lipinski definition) is 1. The first-order chi connectivity index (χ1) is 9.15. The van der Waals surface area contributed by atoms with Crippen LogP contribution in [0.15, 0.2) is 28.7 Å². The third-order valence-electron chi connectivity index (χ3n) is 3.35. The lowest BCUT2D eigenvalue weighted by Gasteiger charge is -2.24. The van der Waals surface area contributed by atoms with E-state index in [1.807, 2.05) is 24.3 Å². The monoisotopic (exact) mass is 321 g/mol. The normalized spacial score (nSPS) is 15.2. The zero-order valence-corrected chi connectivity index (χ0v) is 11.7. The number of halogens is 1. The third kappa shape index (κ3) is 2.28. The second-order valence-corrected chi connectivity index (χ2v) is 5.53. The molecule has 0 saturated heterocycles. The smallest absolute Gasteiger partial charge is 0.375 e. The van der Waals surface area contributed by atoms with Crippen molar-refractivity contribution >= 4 is 21.9 Å². The molecule has 0 aliphatic heterocycles. The number of nitrogens with zero attached hydrogens (tertiary/aromatic N) is 3. The third-order valence-corrected chi connectivity index (χ3v) is 3.84. The van der Waals surface area contributed by atoms with Crippen molar-refractivity contribution < 1.29 is 9.90 Å². The van der Waals surface area contributed by atoms with E-state index in [9.17, 15) is 4.79 Å². The van der Waals surface area contributed by atoms with E-state index in [0.717, 1.165) is 28.8 Å². The summed E-state index contributed by atoms with van der Waals surface area (Å²) >= 11 is 3.41. The van der Waals surface area contributed by atoms with Crippen molar-refractivity contribution in [2.45, 2.75) is 25.2 Å². The summed E-state index contributed by atoms with van der Waals surface area (Å²) < 4.78 is 2.58. The number of rotatable bonds is 3. The van der Waals surface area contributed by atoms with E-state index in [1.54, 1.807) is 4.68 Å². The summed E-state index contributed by atoms with van der Waals surface area (Å²) in [5.41, 5.74) is 0.830. The summed E-state index contributed by atoms with van der Waals surface area (Å²) in [4.78, 5) is 15.2. The first-order valence-electron chi connectivity index (χ1n) is 6.11. The topological polar surface area (TPSA) is 68.0 Å². The molecular weight excluding hydrogens is 310 g/mol. The minimum atomic E-state index is -1.09.